The van der Waals surface area contributed by atoms with Crippen molar-refractivity contribution in [3.8, 4) is 22.3 Å². The first-order chi connectivity index (χ1) is 20.3. The van der Waals surface area contributed by atoms with Crippen molar-refractivity contribution < 1.29 is 35.5 Å². The summed E-state index contributed by atoms with van der Waals surface area (Å²) in [5.74, 6) is -0.499. The number of rotatable bonds is 2. The number of fused-ring (bicyclic) bond motifs is 2. The van der Waals surface area contributed by atoms with Gasteiger partial charge in [0.25, 0.3) is 0 Å². The van der Waals surface area contributed by atoms with Crippen molar-refractivity contribution >= 4 is 34.6 Å². The molecule has 222 valence electrons. The van der Waals surface area contributed by atoms with E-state index >= 15 is 0 Å². The van der Waals surface area contributed by atoms with E-state index in [2.05, 4.69) is 16.0 Å². The molecule has 0 atom stereocenters. The zero-order valence-electron chi connectivity index (χ0n) is 22.1. The third-order valence-corrected chi connectivity index (χ3v) is 7.19. The van der Waals surface area contributed by atoms with Gasteiger partial charge in [0.2, 0.25) is 5.91 Å². The van der Waals surface area contributed by atoms with Crippen LogP contribution in [0.15, 0.2) is 78.9 Å². The van der Waals surface area contributed by atoms with E-state index in [1.807, 2.05) is 6.07 Å². The van der Waals surface area contributed by atoms with Crippen LogP contribution in [0, 0.1) is 5.82 Å². The normalized spacial score (nSPS) is 14.3. The van der Waals surface area contributed by atoms with E-state index in [-0.39, 0.29) is 5.91 Å². The molecule has 3 N–H and O–H groups in total. The lowest BCUT2D eigenvalue weighted by atomic mass is 9.96. The topological polar surface area (TPSA) is 53.2 Å². The summed E-state index contributed by atoms with van der Waals surface area (Å²) in [5, 5.41) is 8.73. The molecule has 0 aromatic heterocycles. The van der Waals surface area contributed by atoms with Gasteiger partial charge in [-0.15, -0.1) is 0 Å². The van der Waals surface area contributed by atoms with E-state index in [0.717, 1.165) is 46.6 Å². The molecule has 0 bridgehead atoms. The molecule has 12 heteroatoms. The number of hydrogen-bond donors (Lipinski definition) is 3. The average Bonchev–Trinajstić information content (AvgIpc) is 2.97. The molecule has 0 fully saturated rings. The minimum atomic E-state index is -4.39. The number of benzene rings is 4. The van der Waals surface area contributed by atoms with Crippen LogP contribution in [0.4, 0.5) is 42.1 Å². The SMILES string of the molecule is Fc1cc(-c2ccc(C(F)(F)F)cc2)cc2c1NC(=S)NC2.O=C1CCc2cc(-c3ccc(C(F)(F)F)cc3)ccc2N1. The highest BCUT2D eigenvalue weighted by atomic mass is 32.1. The third kappa shape index (κ3) is 6.96. The van der Waals surface area contributed by atoms with Crippen LogP contribution in [0.1, 0.15) is 28.7 Å². The number of halogens is 7. The molecule has 2 aliphatic rings. The summed E-state index contributed by atoms with van der Waals surface area (Å²) in [6, 6.07) is 18.2. The zero-order chi connectivity index (χ0) is 30.9. The van der Waals surface area contributed by atoms with Crippen LogP contribution in [-0.2, 0) is 30.1 Å². The van der Waals surface area contributed by atoms with Crippen LogP contribution in [0.25, 0.3) is 22.3 Å². The summed E-state index contributed by atoms with van der Waals surface area (Å²) in [7, 11) is 0. The smallest absolute Gasteiger partial charge is 0.358 e. The molecule has 0 spiro atoms. The number of carbonyl (C=O) groups excluding carboxylic acids is 1. The van der Waals surface area contributed by atoms with Gasteiger partial charge >= 0.3 is 12.4 Å². The number of amides is 1. The summed E-state index contributed by atoms with van der Waals surface area (Å²) >= 11 is 4.92. The van der Waals surface area contributed by atoms with Crippen molar-refractivity contribution in [1.29, 1.82) is 0 Å². The fourth-order valence-corrected chi connectivity index (χ4v) is 4.88. The molecule has 1 amide bonds. The summed E-state index contributed by atoms with van der Waals surface area (Å²) < 4.78 is 89.4. The number of alkyl halides is 6. The predicted molar refractivity (Wildman–Crippen MR) is 154 cm³/mol. The van der Waals surface area contributed by atoms with Gasteiger partial charge in [-0.3, -0.25) is 4.79 Å². The molecule has 4 aromatic rings. The van der Waals surface area contributed by atoms with Gasteiger partial charge in [0, 0.05) is 18.7 Å². The first kappa shape index (κ1) is 30.0. The second kappa shape index (κ2) is 11.7. The Hall–Kier alpha value is -4.45. The van der Waals surface area contributed by atoms with Crippen LogP contribution in [0.5, 0.6) is 0 Å². The number of anilines is 2. The lowest BCUT2D eigenvalue weighted by Crippen LogP contribution is -2.33. The maximum absolute atomic E-state index is 14.1. The minimum absolute atomic E-state index is 0.00946. The molecule has 6 rings (SSSR count). The second-order valence-electron chi connectivity index (χ2n) is 9.87. The number of nitrogens with one attached hydrogen (secondary N) is 3. The summed E-state index contributed by atoms with van der Waals surface area (Å²) in [5.41, 5.74) is 3.97. The van der Waals surface area contributed by atoms with Crippen LogP contribution in [0.2, 0.25) is 0 Å². The van der Waals surface area contributed by atoms with Crippen molar-refractivity contribution in [1.82, 2.24) is 5.32 Å². The summed E-state index contributed by atoms with van der Waals surface area (Å²) in [6.07, 6.45) is -7.62. The third-order valence-electron chi connectivity index (χ3n) is 6.94. The Morgan fingerprint density at radius 3 is 1.74 bits per heavy atom. The zero-order valence-corrected chi connectivity index (χ0v) is 22.9. The first-order valence-electron chi connectivity index (χ1n) is 12.9. The van der Waals surface area contributed by atoms with Crippen molar-refractivity contribution in [2.24, 2.45) is 0 Å². The van der Waals surface area contributed by atoms with E-state index in [0.29, 0.717) is 46.9 Å². The fraction of sp³-hybridized carbons (Fsp3) is 0.161. The Morgan fingerprint density at radius 2 is 1.16 bits per heavy atom. The van der Waals surface area contributed by atoms with Gasteiger partial charge in [-0.1, -0.05) is 30.3 Å². The van der Waals surface area contributed by atoms with E-state index in [1.165, 1.54) is 30.3 Å². The number of carbonyl (C=O) groups is 1. The van der Waals surface area contributed by atoms with Gasteiger partial charge < -0.3 is 16.0 Å². The Balaban J connectivity index is 0.000000171. The standard InChI is InChI=1S/C16H12F3NO.C15H10F4N2S/c17-16(18,19)13-5-1-10(2-6-13)11-3-7-14-12(9-11)4-8-15(21)20-14;16-12-6-9(5-10-7-20-14(22)21-13(10)12)8-1-3-11(4-2-8)15(17,18)19/h1-3,5-7,9H,4,8H2,(H,20,21);1-6H,7H2,(H2,20,21,22). The minimum Gasteiger partial charge on any atom is -0.358 e. The highest BCUT2D eigenvalue weighted by Crippen LogP contribution is 2.35. The van der Waals surface area contributed by atoms with Crippen molar-refractivity contribution in [3.05, 3.63) is 107 Å². The molecule has 4 nitrogen and oxygen atoms in total. The summed E-state index contributed by atoms with van der Waals surface area (Å²) in [4.78, 5) is 11.3. The van der Waals surface area contributed by atoms with Gasteiger partial charge in [-0.05, 0) is 101 Å². The van der Waals surface area contributed by atoms with E-state index in [1.54, 1.807) is 18.2 Å². The molecule has 4 aromatic carbocycles. The first-order valence-corrected chi connectivity index (χ1v) is 13.3. The Labute approximate surface area is 246 Å². The van der Waals surface area contributed by atoms with E-state index in [4.69, 9.17) is 12.2 Å². The highest BCUT2D eigenvalue weighted by molar-refractivity contribution is 7.80. The monoisotopic (exact) mass is 617 g/mol. The molecular weight excluding hydrogens is 595 g/mol. The molecule has 0 saturated carbocycles. The molecule has 0 unspecified atom stereocenters. The van der Waals surface area contributed by atoms with Crippen LogP contribution >= 0.6 is 12.2 Å². The molecular formula is C31H22F7N3OS. The highest BCUT2D eigenvalue weighted by Gasteiger charge is 2.31. The maximum atomic E-state index is 14.1. The summed E-state index contributed by atoms with van der Waals surface area (Å²) in [6.45, 7) is 0.368. The van der Waals surface area contributed by atoms with Crippen molar-refractivity contribution in [2.75, 3.05) is 10.6 Å². The van der Waals surface area contributed by atoms with Crippen LogP contribution in [0.3, 0.4) is 0 Å². The maximum Gasteiger partial charge on any atom is 0.416 e. The largest absolute Gasteiger partial charge is 0.416 e. The second-order valence-corrected chi connectivity index (χ2v) is 10.3. The van der Waals surface area contributed by atoms with Gasteiger partial charge in [-0.25, -0.2) is 4.39 Å². The number of hydrogen-bond acceptors (Lipinski definition) is 2. The Bertz CT molecular complexity index is 1680. The quantitative estimate of drug-likeness (QED) is 0.156. The van der Waals surface area contributed by atoms with Crippen molar-refractivity contribution in [3.63, 3.8) is 0 Å². The molecule has 0 saturated heterocycles. The van der Waals surface area contributed by atoms with E-state index < -0.39 is 29.3 Å². The Kier molecular flexibility index (Phi) is 8.15. The Morgan fingerprint density at radius 1 is 0.628 bits per heavy atom. The van der Waals surface area contributed by atoms with Crippen LogP contribution in [-0.4, -0.2) is 11.0 Å². The molecule has 2 aliphatic heterocycles. The van der Waals surface area contributed by atoms with Gasteiger partial charge in [-0.2, -0.15) is 26.3 Å². The molecule has 0 radical (unpaired) electrons. The average molecular weight is 618 g/mol. The van der Waals surface area contributed by atoms with Gasteiger partial charge in [0.15, 0.2) is 5.11 Å². The fourth-order valence-electron chi connectivity index (χ4n) is 4.71. The predicted octanol–water partition coefficient (Wildman–Crippen LogP) is 8.57. The molecule has 2 heterocycles. The van der Waals surface area contributed by atoms with Gasteiger partial charge in [0.05, 0.1) is 16.8 Å². The number of thiocarbonyl (C=S) groups is 1. The van der Waals surface area contributed by atoms with E-state index in [9.17, 15) is 35.5 Å². The lowest BCUT2D eigenvalue weighted by molar-refractivity contribution is -0.138. The van der Waals surface area contributed by atoms with Gasteiger partial charge in [0.1, 0.15) is 5.82 Å². The number of aryl methyl sites for hydroxylation is 1. The lowest BCUT2D eigenvalue weighted by Gasteiger charge is -2.22. The van der Waals surface area contributed by atoms with Crippen LogP contribution < -0.4 is 16.0 Å². The molecule has 0 aliphatic carbocycles. The van der Waals surface area contributed by atoms with Crippen molar-refractivity contribution in [2.45, 2.75) is 31.7 Å². The molecule has 43 heavy (non-hydrogen) atoms.